The average Bonchev–Trinajstić information content (AvgIpc) is 3.15. The first-order chi connectivity index (χ1) is 11.5. The first-order valence-corrected chi connectivity index (χ1v) is 8.22. The molecule has 0 aromatic heterocycles. The first kappa shape index (κ1) is 17.8. The van der Waals surface area contributed by atoms with Gasteiger partial charge in [0.1, 0.15) is 0 Å². The monoisotopic (exact) mass is 355 g/mol. The van der Waals surface area contributed by atoms with Crippen LogP contribution in [0.2, 0.25) is 0 Å². The number of hydrogen-bond acceptors (Lipinski definition) is 2. The van der Waals surface area contributed by atoms with E-state index < -0.39 is 35.9 Å². The SMILES string of the molecule is Cc1cc(C)cc(C2(C(=O)N3C[C@@H](C(F)(F)F)[C@H](C(=O)O)C3)CC2)c1. The Bertz CT molecular complexity index is 705. The van der Waals surface area contributed by atoms with Gasteiger partial charge in [-0.05, 0) is 32.3 Å². The molecule has 136 valence electrons. The van der Waals surface area contributed by atoms with Gasteiger partial charge in [0, 0.05) is 13.1 Å². The molecular formula is C18H20F3NO3. The Balaban J connectivity index is 1.87. The molecule has 0 bridgehead atoms. The molecule has 25 heavy (non-hydrogen) atoms. The molecule has 2 aliphatic rings. The number of hydrogen-bond donors (Lipinski definition) is 1. The van der Waals surface area contributed by atoms with E-state index in [2.05, 4.69) is 0 Å². The van der Waals surface area contributed by atoms with Gasteiger partial charge in [-0.3, -0.25) is 9.59 Å². The number of carbonyl (C=O) groups excluding carboxylic acids is 1. The van der Waals surface area contributed by atoms with Gasteiger partial charge in [0.05, 0.1) is 17.3 Å². The minimum atomic E-state index is -4.63. The molecule has 1 aromatic rings. The van der Waals surface area contributed by atoms with Crippen molar-refractivity contribution in [1.82, 2.24) is 4.90 Å². The lowest BCUT2D eigenvalue weighted by Gasteiger charge is -2.24. The molecule has 1 aromatic carbocycles. The van der Waals surface area contributed by atoms with Gasteiger partial charge in [-0.15, -0.1) is 0 Å². The number of halogens is 3. The number of aliphatic carboxylic acids is 1. The fraction of sp³-hybridized carbons (Fsp3) is 0.556. The Morgan fingerprint density at radius 1 is 1.12 bits per heavy atom. The summed E-state index contributed by atoms with van der Waals surface area (Å²) < 4.78 is 39.4. The van der Waals surface area contributed by atoms with Crippen molar-refractivity contribution in [2.24, 2.45) is 11.8 Å². The van der Waals surface area contributed by atoms with Crippen LogP contribution in [0.4, 0.5) is 13.2 Å². The van der Waals surface area contributed by atoms with Gasteiger partial charge >= 0.3 is 12.1 Å². The van der Waals surface area contributed by atoms with Crippen molar-refractivity contribution >= 4 is 11.9 Å². The predicted molar refractivity (Wildman–Crippen MR) is 84.1 cm³/mol. The molecule has 1 aliphatic heterocycles. The largest absolute Gasteiger partial charge is 0.481 e. The molecule has 2 fully saturated rings. The van der Waals surface area contributed by atoms with Crippen molar-refractivity contribution in [3.05, 3.63) is 34.9 Å². The molecule has 4 nitrogen and oxygen atoms in total. The summed E-state index contributed by atoms with van der Waals surface area (Å²) in [5, 5.41) is 9.12. The number of carboxylic acids is 1. The van der Waals surface area contributed by atoms with Crippen LogP contribution in [0, 0.1) is 25.7 Å². The van der Waals surface area contributed by atoms with Gasteiger partial charge < -0.3 is 10.0 Å². The Kier molecular flexibility index (Phi) is 4.08. The van der Waals surface area contributed by atoms with Crippen LogP contribution in [-0.2, 0) is 15.0 Å². The topological polar surface area (TPSA) is 57.6 Å². The third kappa shape index (κ3) is 3.12. The highest BCUT2D eigenvalue weighted by atomic mass is 19.4. The maximum absolute atomic E-state index is 13.1. The van der Waals surface area contributed by atoms with Crippen molar-refractivity contribution in [2.75, 3.05) is 13.1 Å². The molecule has 0 spiro atoms. The molecule has 2 atom stereocenters. The minimum Gasteiger partial charge on any atom is -0.481 e. The number of nitrogens with zero attached hydrogens (tertiary/aromatic N) is 1. The fourth-order valence-electron chi connectivity index (χ4n) is 3.86. The highest BCUT2D eigenvalue weighted by Crippen LogP contribution is 2.51. The first-order valence-electron chi connectivity index (χ1n) is 8.22. The molecule has 0 radical (unpaired) electrons. The van der Waals surface area contributed by atoms with E-state index in [1.807, 2.05) is 32.0 Å². The molecule has 1 N–H and O–H groups in total. The second-order valence-corrected chi connectivity index (χ2v) is 7.26. The van der Waals surface area contributed by atoms with Gasteiger partial charge in [0.2, 0.25) is 5.91 Å². The van der Waals surface area contributed by atoms with E-state index in [0.717, 1.165) is 21.6 Å². The maximum atomic E-state index is 13.1. The van der Waals surface area contributed by atoms with Gasteiger partial charge in [-0.1, -0.05) is 29.3 Å². The number of carboxylic acid groups (broad SMARTS) is 1. The zero-order valence-corrected chi connectivity index (χ0v) is 14.1. The molecule has 1 amide bonds. The third-order valence-electron chi connectivity index (χ3n) is 5.28. The summed E-state index contributed by atoms with van der Waals surface area (Å²) >= 11 is 0. The molecule has 1 heterocycles. The van der Waals surface area contributed by atoms with Gasteiger partial charge in [0.15, 0.2) is 0 Å². The maximum Gasteiger partial charge on any atom is 0.394 e. The van der Waals surface area contributed by atoms with Crippen LogP contribution < -0.4 is 0 Å². The van der Waals surface area contributed by atoms with Crippen molar-refractivity contribution in [3.63, 3.8) is 0 Å². The smallest absolute Gasteiger partial charge is 0.394 e. The van der Waals surface area contributed by atoms with E-state index in [0.29, 0.717) is 12.8 Å². The zero-order valence-electron chi connectivity index (χ0n) is 14.1. The molecule has 0 unspecified atom stereocenters. The van der Waals surface area contributed by atoms with Crippen LogP contribution in [0.15, 0.2) is 18.2 Å². The number of benzene rings is 1. The van der Waals surface area contributed by atoms with E-state index >= 15 is 0 Å². The Morgan fingerprint density at radius 2 is 1.68 bits per heavy atom. The second kappa shape index (κ2) is 5.75. The number of carbonyl (C=O) groups is 2. The fourth-order valence-corrected chi connectivity index (χ4v) is 3.86. The standard InChI is InChI=1S/C18H20F3NO3/c1-10-5-11(2)7-12(6-10)17(3-4-17)16(25)22-8-13(15(23)24)14(9-22)18(19,20)21/h5-7,13-14H,3-4,8-9H2,1-2H3,(H,23,24)/t13-,14-/m1/s1. The molecule has 3 rings (SSSR count). The number of likely N-dealkylation sites (tertiary alicyclic amines) is 1. The van der Waals surface area contributed by atoms with Crippen molar-refractivity contribution in [1.29, 1.82) is 0 Å². The lowest BCUT2D eigenvalue weighted by molar-refractivity contribution is -0.188. The number of rotatable bonds is 3. The predicted octanol–water partition coefficient (Wildman–Crippen LogP) is 3.06. The van der Waals surface area contributed by atoms with Crippen LogP contribution in [0.25, 0.3) is 0 Å². The minimum absolute atomic E-state index is 0.379. The number of amides is 1. The Labute approximate surface area is 143 Å². The number of aryl methyl sites for hydroxylation is 2. The van der Waals surface area contributed by atoms with Gasteiger partial charge in [0.25, 0.3) is 0 Å². The summed E-state index contributed by atoms with van der Waals surface area (Å²) in [5.41, 5.74) is 2.01. The lowest BCUT2D eigenvalue weighted by atomic mass is 9.91. The third-order valence-corrected chi connectivity index (χ3v) is 5.28. The van der Waals surface area contributed by atoms with E-state index in [1.165, 1.54) is 0 Å². The summed E-state index contributed by atoms with van der Waals surface area (Å²) in [6.07, 6.45) is -3.46. The van der Waals surface area contributed by atoms with Crippen molar-refractivity contribution in [2.45, 2.75) is 38.3 Å². The van der Waals surface area contributed by atoms with Crippen LogP contribution in [0.5, 0.6) is 0 Å². The van der Waals surface area contributed by atoms with Crippen LogP contribution in [-0.4, -0.2) is 41.1 Å². The molecule has 1 saturated heterocycles. The lowest BCUT2D eigenvalue weighted by Crippen LogP contribution is -2.39. The van der Waals surface area contributed by atoms with Crippen molar-refractivity contribution < 1.29 is 27.9 Å². The summed E-state index contributed by atoms with van der Waals surface area (Å²) in [6.45, 7) is 2.86. The van der Waals surface area contributed by atoms with E-state index in [4.69, 9.17) is 5.11 Å². The van der Waals surface area contributed by atoms with E-state index in [-0.39, 0.29) is 12.5 Å². The molecular weight excluding hydrogens is 335 g/mol. The number of alkyl halides is 3. The molecule has 7 heteroatoms. The van der Waals surface area contributed by atoms with E-state index in [9.17, 15) is 22.8 Å². The van der Waals surface area contributed by atoms with E-state index in [1.54, 1.807) is 0 Å². The van der Waals surface area contributed by atoms with Crippen molar-refractivity contribution in [3.8, 4) is 0 Å². The Morgan fingerprint density at radius 3 is 2.08 bits per heavy atom. The average molecular weight is 355 g/mol. The Hall–Kier alpha value is -2.05. The highest BCUT2D eigenvalue weighted by Gasteiger charge is 2.59. The van der Waals surface area contributed by atoms with Crippen LogP contribution in [0.3, 0.4) is 0 Å². The van der Waals surface area contributed by atoms with Gasteiger partial charge in [-0.25, -0.2) is 0 Å². The van der Waals surface area contributed by atoms with Gasteiger partial charge in [-0.2, -0.15) is 13.2 Å². The second-order valence-electron chi connectivity index (χ2n) is 7.26. The molecule has 1 aliphatic carbocycles. The summed E-state index contributed by atoms with van der Waals surface area (Å²) in [5.74, 6) is -5.49. The highest BCUT2D eigenvalue weighted by molar-refractivity contribution is 5.92. The molecule has 1 saturated carbocycles. The zero-order chi connectivity index (χ0) is 18.6. The summed E-state index contributed by atoms with van der Waals surface area (Å²) in [7, 11) is 0. The van der Waals surface area contributed by atoms with Crippen LogP contribution >= 0.6 is 0 Å². The summed E-state index contributed by atoms with van der Waals surface area (Å²) in [6, 6.07) is 5.76. The normalized spacial score (nSPS) is 25.1. The quantitative estimate of drug-likeness (QED) is 0.907. The summed E-state index contributed by atoms with van der Waals surface area (Å²) in [4.78, 5) is 25.3. The van der Waals surface area contributed by atoms with Crippen LogP contribution in [0.1, 0.15) is 29.5 Å².